The quantitative estimate of drug-likeness (QED) is 0.596. The zero-order chi connectivity index (χ0) is 8.73. The van der Waals surface area contributed by atoms with Gasteiger partial charge in [0.2, 0.25) is 0 Å². The highest BCUT2D eigenvalue weighted by Gasteiger charge is 2.43. The molecule has 0 unspecified atom stereocenters. The molecule has 70 valence electrons. The lowest BCUT2D eigenvalue weighted by atomic mass is 9.65. The van der Waals surface area contributed by atoms with Gasteiger partial charge in [-0.25, -0.2) is 0 Å². The van der Waals surface area contributed by atoms with E-state index in [0.29, 0.717) is 5.54 Å². The molecule has 0 radical (unpaired) electrons. The Bertz CT molecular complexity index is 281. The fraction of sp³-hybridized carbons (Fsp3) is 0.667. The molecule has 1 aliphatic heterocycles. The van der Waals surface area contributed by atoms with Gasteiger partial charge < -0.3 is 5.32 Å². The van der Waals surface area contributed by atoms with Crippen molar-refractivity contribution in [3.05, 3.63) is 23.3 Å². The highest BCUT2D eigenvalue weighted by Crippen LogP contribution is 2.45. The van der Waals surface area contributed by atoms with E-state index in [1.54, 1.807) is 11.1 Å². The lowest BCUT2D eigenvalue weighted by molar-refractivity contribution is 0.219. The molecule has 1 saturated carbocycles. The summed E-state index contributed by atoms with van der Waals surface area (Å²) < 4.78 is 0. The maximum Gasteiger partial charge on any atom is 0.0434 e. The van der Waals surface area contributed by atoms with Gasteiger partial charge in [0.15, 0.2) is 0 Å². The highest BCUT2D eigenvalue weighted by molar-refractivity contribution is 5.45. The summed E-state index contributed by atoms with van der Waals surface area (Å²) in [6, 6.07) is 0. The van der Waals surface area contributed by atoms with E-state index in [2.05, 4.69) is 17.5 Å². The number of fused-ring (bicyclic) bond motifs is 2. The lowest BCUT2D eigenvalue weighted by Gasteiger charge is -2.49. The van der Waals surface area contributed by atoms with Crippen molar-refractivity contribution in [3.63, 3.8) is 0 Å². The van der Waals surface area contributed by atoms with Gasteiger partial charge in [-0.1, -0.05) is 12.2 Å². The van der Waals surface area contributed by atoms with Gasteiger partial charge in [0.25, 0.3) is 0 Å². The number of hydrogen-bond donors (Lipinski definition) is 1. The van der Waals surface area contributed by atoms with Crippen molar-refractivity contribution in [2.45, 2.75) is 44.1 Å². The summed E-state index contributed by atoms with van der Waals surface area (Å²) in [7, 11) is 0. The van der Waals surface area contributed by atoms with Crippen LogP contribution in [0.1, 0.15) is 38.5 Å². The molecule has 0 atom stereocenters. The van der Waals surface area contributed by atoms with Crippen molar-refractivity contribution in [1.82, 2.24) is 5.32 Å². The van der Waals surface area contributed by atoms with Crippen LogP contribution in [-0.4, -0.2) is 12.1 Å². The van der Waals surface area contributed by atoms with E-state index in [1.165, 1.54) is 45.1 Å². The van der Waals surface area contributed by atoms with E-state index in [1.807, 2.05) is 0 Å². The number of hydrogen-bond acceptors (Lipinski definition) is 1. The maximum absolute atomic E-state index is 3.72. The minimum atomic E-state index is 0.435. The second kappa shape index (κ2) is 2.71. The molecule has 0 amide bonds. The maximum atomic E-state index is 3.72. The van der Waals surface area contributed by atoms with E-state index >= 15 is 0 Å². The molecule has 1 saturated heterocycles. The van der Waals surface area contributed by atoms with Gasteiger partial charge >= 0.3 is 0 Å². The highest BCUT2D eigenvalue weighted by atomic mass is 15.0. The van der Waals surface area contributed by atoms with E-state index in [-0.39, 0.29) is 0 Å². The van der Waals surface area contributed by atoms with Gasteiger partial charge in [-0.3, -0.25) is 0 Å². The number of nitrogens with one attached hydrogen (secondary N) is 1. The Balaban J connectivity index is 1.97. The van der Waals surface area contributed by atoms with Crippen LogP contribution >= 0.6 is 0 Å². The number of rotatable bonds is 0. The fourth-order valence-electron chi connectivity index (χ4n) is 2.97. The van der Waals surface area contributed by atoms with E-state index in [0.717, 1.165) is 0 Å². The summed E-state index contributed by atoms with van der Waals surface area (Å²) >= 11 is 0. The molecule has 3 aliphatic rings. The SMILES string of the molecule is C1=C2CCNC3(CCC3)C2=CCC1. The molecule has 1 N–H and O–H groups in total. The Kier molecular flexibility index (Phi) is 1.63. The Morgan fingerprint density at radius 2 is 2.00 bits per heavy atom. The summed E-state index contributed by atoms with van der Waals surface area (Å²) in [5.41, 5.74) is 3.76. The second-order valence-electron chi connectivity index (χ2n) is 4.54. The minimum Gasteiger partial charge on any atom is -0.307 e. The fourth-order valence-corrected chi connectivity index (χ4v) is 2.97. The molecule has 1 heterocycles. The van der Waals surface area contributed by atoms with Crippen LogP contribution in [0.25, 0.3) is 0 Å². The van der Waals surface area contributed by atoms with Gasteiger partial charge in [0.05, 0.1) is 0 Å². The molecule has 0 bridgehead atoms. The van der Waals surface area contributed by atoms with Crippen molar-refractivity contribution in [2.75, 3.05) is 6.54 Å². The Labute approximate surface area is 79.9 Å². The van der Waals surface area contributed by atoms with Crippen LogP contribution in [0.5, 0.6) is 0 Å². The largest absolute Gasteiger partial charge is 0.307 e. The Morgan fingerprint density at radius 1 is 1.15 bits per heavy atom. The number of allylic oxidation sites excluding steroid dienone is 2. The van der Waals surface area contributed by atoms with Crippen LogP contribution in [0.2, 0.25) is 0 Å². The molecule has 3 rings (SSSR count). The summed E-state index contributed by atoms with van der Waals surface area (Å²) in [5.74, 6) is 0. The monoisotopic (exact) mass is 175 g/mol. The topological polar surface area (TPSA) is 12.0 Å². The van der Waals surface area contributed by atoms with Crippen LogP contribution in [0.3, 0.4) is 0 Å². The smallest absolute Gasteiger partial charge is 0.0434 e. The molecule has 0 aromatic rings. The first-order valence-corrected chi connectivity index (χ1v) is 5.56. The van der Waals surface area contributed by atoms with Crippen molar-refractivity contribution in [1.29, 1.82) is 0 Å². The first-order valence-electron chi connectivity index (χ1n) is 5.56. The molecule has 1 nitrogen and oxygen atoms in total. The van der Waals surface area contributed by atoms with Gasteiger partial charge in [-0.15, -0.1) is 0 Å². The predicted molar refractivity (Wildman–Crippen MR) is 54.6 cm³/mol. The van der Waals surface area contributed by atoms with Crippen LogP contribution in [0.4, 0.5) is 0 Å². The summed E-state index contributed by atoms with van der Waals surface area (Å²) in [6.07, 6.45) is 12.9. The van der Waals surface area contributed by atoms with E-state index in [9.17, 15) is 0 Å². The molecule has 2 fully saturated rings. The van der Waals surface area contributed by atoms with Gasteiger partial charge in [-0.2, -0.15) is 0 Å². The van der Waals surface area contributed by atoms with Crippen molar-refractivity contribution in [3.8, 4) is 0 Å². The third-order valence-corrected chi connectivity index (χ3v) is 3.83. The zero-order valence-corrected chi connectivity index (χ0v) is 8.10. The van der Waals surface area contributed by atoms with E-state index < -0.39 is 0 Å². The first-order chi connectivity index (χ1) is 6.41. The summed E-state index contributed by atoms with van der Waals surface area (Å²) in [6.45, 7) is 1.20. The predicted octanol–water partition coefficient (Wildman–Crippen LogP) is 2.55. The minimum absolute atomic E-state index is 0.435. The van der Waals surface area contributed by atoms with Crippen molar-refractivity contribution >= 4 is 0 Å². The van der Waals surface area contributed by atoms with Crippen LogP contribution in [0.15, 0.2) is 23.3 Å². The van der Waals surface area contributed by atoms with Crippen molar-refractivity contribution in [2.24, 2.45) is 0 Å². The molecule has 13 heavy (non-hydrogen) atoms. The van der Waals surface area contributed by atoms with Crippen LogP contribution in [-0.2, 0) is 0 Å². The van der Waals surface area contributed by atoms with E-state index in [4.69, 9.17) is 0 Å². The third kappa shape index (κ3) is 1.03. The van der Waals surface area contributed by atoms with Gasteiger partial charge in [0, 0.05) is 5.54 Å². The van der Waals surface area contributed by atoms with Gasteiger partial charge in [0.1, 0.15) is 0 Å². The average molecular weight is 175 g/mol. The lowest BCUT2D eigenvalue weighted by Crippen LogP contribution is -2.56. The Morgan fingerprint density at radius 3 is 2.77 bits per heavy atom. The number of piperidine rings is 1. The molecule has 2 aliphatic carbocycles. The summed E-state index contributed by atoms with van der Waals surface area (Å²) in [4.78, 5) is 0. The third-order valence-electron chi connectivity index (χ3n) is 3.83. The van der Waals surface area contributed by atoms with Crippen LogP contribution in [0, 0.1) is 0 Å². The molecule has 0 aromatic heterocycles. The van der Waals surface area contributed by atoms with Crippen LogP contribution < -0.4 is 5.32 Å². The average Bonchev–Trinajstić information content (AvgIpc) is 2.14. The van der Waals surface area contributed by atoms with Crippen molar-refractivity contribution < 1.29 is 0 Å². The molecule has 1 heteroatoms. The zero-order valence-electron chi connectivity index (χ0n) is 8.10. The Hall–Kier alpha value is -0.560. The molecular weight excluding hydrogens is 158 g/mol. The molecule has 1 spiro atoms. The second-order valence-corrected chi connectivity index (χ2v) is 4.54. The van der Waals surface area contributed by atoms with Gasteiger partial charge in [-0.05, 0) is 56.2 Å². The normalized spacial score (nSPS) is 30.2. The first kappa shape index (κ1) is 7.81. The molecule has 0 aromatic carbocycles. The molecular formula is C12H17N. The summed E-state index contributed by atoms with van der Waals surface area (Å²) in [5, 5.41) is 3.72. The standard InChI is InChI=1S/C12H17N/c1-2-5-11-10(4-1)6-9-13-12(11)7-3-8-12/h4-5,13H,1-3,6-9H2.